The van der Waals surface area contributed by atoms with Crippen LogP contribution >= 0.6 is 23.2 Å². The standard InChI is InChI=1S/C50H57Cl2N7O6/c1-33-44(60)23-38(31-64-5)48(62)55-50(26-35-12-15-39(51)16-13-35)20-9-21-58(32-50)49(63)37(22-34-10-7-6-8-11-34)24-47(61)59(33)29-36-14-17-40(52)25-45(36)65-41-18-19-42(53-27-41)43-28-54-46(57(43)4)30-56(2)3/h6-8,10-19,25,27-28,33,37-38H,9,20-24,26,29-32H2,1-5H3,(H,55,62)/t33-,37+,38-,50+/m0/s1. The second-order valence-electron chi connectivity index (χ2n) is 17.6. The Hall–Kier alpha value is -5.60. The summed E-state index contributed by atoms with van der Waals surface area (Å²) in [4.78, 5) is 73.4. The summed E-state index contributed by atoms with van der Waals surface area (Å²) in [7, 11) is 7.42. The number of ketones is 1. The quantitative estimate of drug-likeness (QED) is 0.127. The third-order valence-electron chi connectivity index (χ3n) is 12.4. The zero-order chi connectivity index (χ0) is 46.3. The number of carbonyl (C=O) groups is 4. The lowest BCUT2D eigenvalue weighted by Crippen LogP contribution is -2.63. The summed E-state index contributed by atoms with van der Waals surface area (Å²) in [6, 6.07) is 24.9. The molecule has 0 spiro atoms. The predicted octanol–water partition coefficient (Wildman–Crippen LogP) is 7.56. The number of hydrogen-bond donors (Lipinski definition) is 1. The van der Waals surface area contributed by atoms with Gasteiger partial charge >= 0.3 is 0 Å². The first kappa shape index (κ1) is 47.4. The lowest BCUT2D eigenvalue weighted by Gasteiger charge is -2.45. The van der Waals surface area contributed by atoms with Crippen LogP contribution in [0.3, 0.4) is 0 Å². The molecule has 65 heavy (non-hydrogen) atoms. The lowest BCUT2D eigenvalue weighted by molar-refractivity contribution is -0.147. The van der Waals surface area contributed by atoms with Crippen LogP contribution < -0.4 is 10.1 Å². The Morgan fingerprint density at radius 1 is 0.877 bits per heavy atom. The molecule has 0 radical (unpaired) electrons. The van der Waals surface area contributed by atoms with Crippen LogP contribution in [0.2, 0.25) is 10.0 Å². The van der Waals surface area contributed by atoms with Crippen molar-refractivity contribution in [3.05, 3.63) is 130 Å². The highest BCUT2D eigenvalue weighted by Gasteiger charge is 2.43. The highest BCUT2D eigenvalue weighted by Crippen LogP contribution is 2.34. The number of nitrogens with one attached hydrogen (secondary N) is 1. The van der Waals surface area contributed by atoms with Crippen molar-refractivity contribution in [1.82, 2.24) is 34.6 Å². The molecular weight excluding hydrogens is 865 g/mol. The number of hydrogen-bond acceptors (Lipinski definition) is 9. The van der Waals surface area contributed by atoms with Gasteiger partial charge in [-0.15, -0.1) is 0 Å². The van der Waals surface area contributed by atoms with Crippen molar-refractivity contribution < 1.29 is 28.7 Å². The molecule has 342 valence electrons. The molecule has 5 aromatic rings. The first-order chi connectivity index (χ1) is 31.2. The molecule has 4 heterocycles. The molecule has 13 nitrogen and oxygen atoms in total. The second-order valence-corrected chi connectivity index (χ2v) is 18.5. The number of nitrogens with zero attached hydrogens (tertiary/aromatic N) is 6. The number of ether oxygens (including phenoxy) is 2. The van der Waals surface area contributed by atoms with Gasteiger partial charge in [0.05, 0.1) is 66.9 Å². The van der Waals surface area contributed by atoms with Crippen molar-refractivity contribution >= 4 is 46.7 Å². The van der Waals surface area contributed by atoms with Gasteiger partial charge in [0, 0.05) is 55.7 Å². The monoisotopic (exact) mass is 921 g/mol. The van der Waals surface area contributed by atoms with Crippen LogP contribution in [0.15, 0.2) is 97.3 Å². The molecule has 0 aliphatic carbocycles. The number of Topliss-reactive ketones (excluding diaryl/α,β-unsaturated/α-hetero) is 1. The van der Waals surface area contributed by atoms with E-state index in [1.807, 2.05) is 91.3 Å². The molecule has 15 heteroatoms. The molecule has 4 atom stereocenters. The minimum absolute atomic E-state index is 0.0170. The van der Waals surface area contributed by atoms with Gasteiger partial charge in [0.25, 0.3) is 0 Å². The Balaban J connectivity index is 1.21. The maximum atomic E-state index is 15.0. The van der Waals surface area contributed by atoms with Crippen LogP contribution in [0.1, 0.15) is 55.1 Å². The molecule has 0 unspecified atom stereocenters. The van der Waals surface area contributed by atoms with Crippen molar-refractivity contribution in [3.8, 4) is 22.9 Å². The topological polar surface area (TPSA) is 139 Å². The van der Waals surface area contributed by atoms with Crippen LogP contribution in [0.25, 0.3) is 11.4 Å². The Bertz CT molecular complexity index is 2460. The van der Waals surface area contributed by atoms with E-state index in [0.29, 0.717) is 71.6 Å². The Morgan fingerprint density at radius 2 is 1.63 bits per heavy atom. The van der Waals surface area contributed by atoms with E-state index >= 15 is 0 Å². The van der Waals surface area contributed by atoms with Gasteiger partial charge < -0.3 is 34.1 Å². The van der Waals surface area contributed by atoms with E-state index in [9.17, 15) is 19.2 Å². The minimum Gasteiger partial charge on any atom is -0.455 e. The molecule has 7 rings (SSSR count). The van der Waals surface area contributed by atoms with Crippen LogP contribution in [-0.4, -0.2) is 105 Å². The van der Waals surface area contributed by atoms with E-state index in [1.165, 1.54) is 12.0 Å². The molecular formula is C50H57Cl2N7O6. The molecule has 2 bridgehead atoms. The highest BCUT2D eigenvalue weighted by atomic mass is 35.5. The van der Waals surface area contributed by atoms with E-state index in [-0.39, 0.29) is 56.0 Å². The molecule has 2 aromatic heterocycles. The Labute approximate surface area is 391 Å². The van der Waals surface area contributed by atoms with Crippen molar-refractivity contribution in [2.24, 2.45) is 18.9 Å². The maximum Gasteiger partial charge on any atom is 0.226 e. The van der Waals surface area contributed by atoms with Gasteiger partial charge in [-0.25, -0.2) is 4.98 Å². The summed E-state index contributed by atoms with van der Waals surface area (Å²) < 4.78 is 14.0. The van der Waals surface area contributed by atoms with Crippen molar-refractivity contribution in [2.45, 2.75) is 70.1 Å². The molecule has 2 aliphatic heterocycles. The zero-order valence-electron chi connectivity index (χ0n) is 37.6. The van der Waals surface area contributed by atoms with Crippen LogP contribution in [0.5, 0.6) is 11.5 Å². The fourth-order valence-corrected chi connectivity index (χ4v) is 9.22. The number of halogens is 2. The van der Waals surface area contributed by atoms with Crippen LogP contribution in [0, 0.1) is 11.8 Å². The second kappa shape index (κ2) is 21.1. The minimum atomic E-state index is -0.992. The number of piperidine rings is 1. The van der Waals surface area contributed by atoms with Crippen molar-refractivity contribution in [1.29, 1.82) is 0 Å². The molecule has 2 fully saturated rings. The first-order valence-corrected chi connectivity index (χ1v) is 22.7. The number of amides is 3. The van der Waals surface area contributed by atoms with Crippen LogP contribution in [0.4, 0.5) is 0 Å². The third-order valence-corrected chi connectivity index (χ3v) is 12.9. The van der Waals surface area contributed by atoms with Gasteiger partial charge in [-0.1, -0.05) is 71.7 Å². The molecule has 1 N–H and O–H groups in total. The fourth-order valence-electron chi connectivity index (χ4n) is 8.93. The lowest BCUT2D eigenvalue weighted by atomic mass is 9.81. The number of rotatable bonds is 13. The van der Waals surface area contributed by atoms with Gasteiger partial charge in [0.2, 0.25) is 17.7 Å². The van der Waals surface area contributed by atoms with E-state index < -0.39 is 23.4 Å². The predicted molar refractivity (Wildman–Crippen MR) is 250 cm³/mol. The Morgan fingerprint density at radius 3 is 2.34 bits per heavy atom. The zero-order valence-corrected chi connectivity index (χ0v) is 39.1. The summed E-state index contributed by atoms with van der Waals surface area (Å²) in [5.41, 5.74) is 3.15. The number of carbonyl (C=O) groups excluding carboxylic acids is 4. The normalized spacial score (nSPS) is 21.1. The summed E-state index contributed by atoms with van der Waals surface area (Å²) in [5.74, 6) is -1.16. The number of fused-ring (bicyclic) bond motifs is 2. The van der Waals surface area contributed by atoms with Gasteiger partial charge in [-0.05, 0) is 94.2 Å². The number of methoxy groups -OCH3 is 1. The first-order valence-electron chi connectivity index (χ1n) is 22.0. The SMILES string of the molecule is COC[C@@H]1CC(=O)[C@H](C)N(Cc2ccc(Cl)cc2Oc2ccc(-c3cnc(CN(C)C)n3C)nc2)C(=O)C[C@@H](Cc2ccccc2)C(=O)N2CCC[C@@](Cc3ccc(Cl)cc3)(C2)NC1=O. The average Bonchev–Trinajstić information content (AvgIpc) is 3.64. The number of pyridine rings is 1. The smallest absolute Gasteiger partial charge is 0.226 e. The molecule has 2 aliphatic rings. The van der Waals surface area contributed by atoms with Gasteiger partial charge in [-0.3, -0.25) is 24.2 Å². The number of imidazole rings is 1. The molecule has 2 saturated heterocycles. The van der Waals surface area contributed by atoms with Crippen LogP contribution in [-0.2, 0) is 56.9 Å². The summed E-state index contributed by atoms with van der Waals surface area (Å²) in [5, 5.41) is 4.33. The van der Waals surface area contributed by atoms with Crippen molar-refractivity contribution in [3.63, 3.8) is 0 Å². The maximum absolute atomic E-state index is 15.0. The van der Waals surface area contributed by atoms with E-state index in [4.69, 9.17) is 32.7 Å². The molecule has 3 aromatic carbocycles. The third kappa shape index (κ3) is 11.8. The van der Waals surface area contributed by atoms with E-state index in [1.54, 1.807) is 48.5 Å². The largest absolute Gasteiger partial charge is 0.455 e. The number of benzene rings is 3. The van der Waals surface area contributed by atoms with E-state index in [2.05, 4.69) is 15.3 Å². The fraction of sp³-hybridized carbons (Fsp3) is 0.400. The van der Waals surface area contributed by atoms with Gasteiger partial charge in [0.1, 0.15) is 17.3 Å². The summed E-state index contributed by atoms with van der Waals surface area (Å²) in [6.07, 6.45) is 5.06. The Kier molecular flexibility index (Phi) is 15.4. The molecule has 0 saturated carbocycles. The van der Waals surface area contributed by atoms with E-state index in [0.717, 1.165) is 22.6 Å². The number of aromatic nitrogens is 3. The molecule has 3 amide bonds. The summed E-state index contributed by atoms with van der Waals surface area (Å²) in [6.45, 7) is 2.98. The highest BCUT2D eigenvalue weighted by molar-refractivity contribution is 6.31. The van der Waals surface area contributed by atoms with Gasteiger partial charge in [-0.2, -0.15) is 0 Å². The van der Waals surface area contributed by atoms with Crippen molar-refractivity contribution in [2.75, 3.05) is 40.9 Å². The van der Waals surface area contributed by atoms with Gasteiger partial charge in [0.15, 0.2) is 5.78 Å². The average molecular weight is 923 g/mol. The summed E-state index contributed by atoms with van der Waals surface area (Å²) >= 11 is 12.8.